The molecule has 1 aliphatic rings. The lowest BCUT2D eigenvalue weighted by Crippen LogP contribution is -2.29. The summed E-state index contributed by atoms with van der Waals surface area (Å²) in [6, 6.07) is 5.42. The number of sulfonamides is 1. The molecule has 4 nitrogen and oxygen atoms in total. The van der Waals surface area contributed by atoms with Gasteiger partial charge in [0.1, 0.15) is 0 Å². The third-order valence-corrected chi connectivity index (χ3v) is 4.53. The van der Waals surface area contributed by atoms with Gasteiger partial charge in [0.05, 0.1) is 4.90 Å². The van der Waals surface area contributed by atoms with Crippen LogP contribution in [0, 0.1) is 0 Å². The van der Waals surface area contributed by atoms with E-state index in [4.69, 9.17) is 5.73 Å². The monoisotopic (exact) mass is 254 g/mol. The van der Waals surface area contributed by atoms with Crippen LogP contribution in [0.3, 0.4) is 0 Å². The lowest BCUT2D eigenvalue weighted by Gasteiger charge is -2.16. The van der Waals surface area contributed by atoms with Gasteiger partial charge in [-0.3, -0.25) is 0 Å². The molecule has 0 saturated heterocycles. The molecule has 1 aromatic carbocycles. The SMILES string of the molecule is NCCNS(=O)(=O)c1ccc2c(c1)CCCC2. The van der Waals surface area contributed by atoms with E-state index in [2.05, 4.69) is 4.72 Å². The fraction of sp³-hybridized carbons (Fsp3) is 0.500. The van der Waals surface area contributed by atoms with Crippen molar-refractivity contribution >= 4 is 10.0 Å². The van der Waals surface area contributed by atoms with Crippen molar-refractivity contribution in [3.05, 3.63) is 29.3 Å². The van der Waals surface area contributed by atoms with Gasteiger partial charge in [-0.05, 0) is 48.9 Å². The number of rotatable bonds is 4. The number of aryl methyl sites for hydroxylation is 2. The molecule has 2 rings (SSSR count). The second-order valence-electron chi connectivity index (χ2n) is 4.32. The molecule has 0 atom stereocenters. The van der Waals surface area contributed by atoms with E-state index in [9.17, 15) is 8.42 Å². The molecule has 17 heavy (non-hydrogen) atoms. The fourth-order valence-corrected chi connectivity index (χ4v) is 3.25. The van der Waals surface area contributed by atoms with Gasteiger partial charge in [-0.15, -0.1) is 0 Å². The predicted octanol–water partition coefficient (Wildman–Crippen LogP) is 0.802. The Hall–Kier alpha value is -0.910. The lowest BCUT2D eigenvalue weighted by atomic mass is 9.92. The van der Waals surface area contributed by atoms with Crippen molar-refractivity contribution < 1.29 is 8.42 Å². The number of nitrogens with one attached hydrogen (secondary N) is 1. The average Bonchev–Trinajstić information content (AvgIpc) is 2.36. The first-order chi connectivity index (χ1) is 8.13. The lowest BCUT2D eigenvalue weighted by molar-refractivity contribution is 0.581. The van der Waals surface area contributed by atoms with Gasteiger partial charge in [-0.2, -0.15) is 0 Å². The van der Waals surface area contributed by atoms with Crippen LogP contribution < -0.4 is 10.5 Å². The summed E-state index contributed by atoms with van der Waals surface area (Å²) in [7, 11) is -3.39. The maximum Gasteiger partial charge on any atom is 0.240 e. The molecular formula is C12H18N2O2S. The summed E-state index contributed by atoms with van der Waals surface area (Å²) in [6.07, 6.45) is 4.39. The van der Waals surface area contributed by atoms with Crippen molar-refractivity contribution in [1.82, 2.24) is 4.72 Å². The van der Waals surface area contributed by atoms with Crippen LogP contribution in [0.2, 0.25) is 0 Å². The molecular weight excluding hydrogens is 236 g/mol. The van der Waals surface area contributed by atoms with Crippen molar-refractivity contribution in [3.8, 4) is 0 Å². The Morgan fingerprint density at radius 1 is 1.18 bits per heavy atom. The van der Waals surface area contributed by atoms with E-state index in [1.54, 1.807) is 12.1 Å². The Morgan fingerprint density at radius 2 is 1.88 bits per heavy atom. The van der Waals surface area contributed by atoms with Crippen molar-refractivity contribution in [2.24, 2.45) is 5.73 Å². The summed E-state index contributed by atoms with van der Waals surface area (Å²) in [6.45, 7) is 0.587. The molecule has 0 fully saturated rings. The van der Waals surface area contributed by atoms with Crippen LogP contribution in [0.15, 0.2) is 23.1 Å². The number of nitrogens with two attached hydrogens (primary N) is 1. The Labute approximate surface area is 102 Å². The molecule has 0 amide bonds. The van der Waals surface area contributed by atoms with Gasteiger partial charge in [0, 0.05) is 13.1 Å². The van der Waals surface area contributed by atoms with Gasteiger partial charge >= 0.3 is 0 Å². The molecule has 94 valence electrons. The van der Waals surface area contributed by atoms with Gasteiger partial charge in [-0.25, -0.2) is 13.1 Å². The second kappa shape index (κ2) is 5.16. The number of fused-ring (bicyclic) bond motifs is 1. The van der Waals surface area contributed by atoms with Gasteiger partial charge < -0.3 is 5.73 Å². The zero-order valence-electron chi connectivity index (χ0n) is 9.78. The van der Waals surface area contributed by atoms with Gasteiger partial charge in [0.25, 0.3) is 0 Å². The van der Waals surface area contributed by atoms with E-state index in [1.165, 1.54) is 17.5 Å². The summed E-state index contributed by atoms with van der Waals surface area (Å²) in [5, 5.41) is 0. The highest BCUT2D eigenvalue weighted by molar-refractivity contribution is 7.89. The third-order valence-electron chi connectivity index (χ3n) is 3.07. The van der Waals surface area contributed by atoms with Crippen molar-refractivity contribution in [3.63, 3.8) is 0 Å². The first-order valence-electron chi connectivity index (χ1n) is 5.95. The molecule has 0 bridgehead atoms. The minimum atomic E-state index is -3.39. The molecule has 1 aromatic rings. The van der Waals surface area contributed by atoms with E-state index >= 15 is 0 Å². The number of hydrogen-bond donors (Lipinski definition) is 2. The largest absolute Gasteiger partial charge is 0.329 e. The van der Waals surface area contributed by atoms with E-state index in [1.807, 2.05) is 6.07 Å². The summed E-state index contributed by atoms with van der Waals surface area (Å²) >= 11 is 0. The molecule has 0 unspecified atom stereocenters. The van der Waals surface area contributed by atoms with Gasteiger partial charge in [0.2, 0.25) is 10.0 Å². The Kier molecular flexibility index (Phi) is 3.81. The zero-order valence-corrected chi connectivity index (χ0v) is 10.6. The summed E-state index contributed by atoms with van der Waals surface area (Å²) < 4.78 is 26.3. The van der Waals surface area contributed by atoms with Crippen molar-refractivity contribution in [2.75, 3.05) is 13.1 Å². The molecule has 0 radical (unpaired) electrons. The van der Waals surface area contributed by atoms with Crippen LogP contribution in [-0.4, -0.2) is 21.5 Å². The van der Waals surface area contributed by atoms with Crippen LogP contribution in [-0.2, 0) is 22.9 Å². The normalized spacial score (nSPS) is 15.6. The third kappa shape index (κ3) is 2.86. The molecule has 0 aliphatic heterocycles. The van der Waals surface area contributed by atoms with E-state index in [0.29, 0.717) is 11.4 Å². The second-order valence-corrected chi connectivity index (χ2v) is 6.09. The minimum absolute atomic E-state index is 0.277. The first-order valence-corrected chi connectivity index (χ1v) is 7.43. The summed E-state index contributed by atoms with van der Waals surface area (Å²) in [4.78, 5) is 0.353. The van der Waals surface area contributed by atoms with E-state index in [0.717, 1.165) is 19.3 Å². The first kappa shape index (κ1) is 12.5. The Morgan fingerprint density at radius 3 is 2.59 bits per heavy atom. The average molecular weight is 254 g/mol. The highest BCUT2D eigenvalue weighted by Crippen LogP contribution is 2.23. The predicted molar refractivity (Wildman–Crippen MR) is 67.3 cm³/mol. The fourth-order valence-electron chi connectivity index (χ4n) is 2.15. The van der Waals surface area contributed by atoms with E-state index < -0.39 is 10.0 Å². The smallest absolute Gasteiger partial charge is 0.240 e. The highest BCUT2D eigenvalue weighted by atomic mass is 32.2. The maximum atomic E-state index is 11.9. The standard InChI is InChI=1S/C12H18N2O2S/c13-7-8-14-17(15,16)12-6-5-10-3-1-2-4-11(10)9-12/h5-6,9,14H,1-4,7-8,13H2. The molecule has 3 N–H and O–H groups in total. The molecule has 0 heterocycles. The van der Waals surface area contributed by atoms with Crippen LogP contribution in [0.4, 0.5) is 0 Å². The molecule has 0 saturated carbocycles. The minimum Gasteiger partial charge on any atom is -0.329 e. The highest BCUT2D eigenvalue weighted by Gasteiger charge is 2.16. The Bertz CT molecular complexity index is 497. The molecule has 5 heteroatoms. The van der Waals surface area contributed by atoms with Crippen LogP contribution in [0.25, 0.3) is 0 Å². The zero-order chi connectivity index (χ0) is 12.3. The maximum absolute atomic E-state index is 11.9. The topological polar surface area (TPSA) is 72.2 Å². The molecule has 1 aliphatic carbocycles. The van der Waals surface area contributed by atoms with Gasteiger partial charge in [-0.1, -0.05) is 6.07 Å². The molecule has 0 aromatic heterocycles. The van der Waals surface area contributed by atoms with Crippen LogP contribution in [0.1, 0.15) is 24.0 Å². The summed E-state index contributed by atoms with van der Waals surface area (Å²) in [5.74, 6) is 0. The summed E-state index contributed by atoms with van der Waals surface area (Å²) in [5.41, 5.74) is 7.76. The molecule has 0 spiro atoms. The van der Waals surface area contributed by atoms with Gasteiger partial charge in [0.15, 0.2) is 0 Å². The van der Waals surface area contributed by atoms with E-state index in [-0.39, 0.29) is 6.54 Å². The number of hydrogen-bond acceptors (Lipinski definition) is 3. The van der Waals surface area contributed by atoms with Crippen LogP contribution in [0.5, 0.6) is 0 Å². The number of benzene rings is 1. The Balaban J connectivity index is 2.27. The van der Waals surface area contributed by atoms with Crippen molar-refractivity contribution in [2.45, 2.75) is 30.6 Å². The van der Waals surface area contributed by atoms with Crippen molar-refractivity contribution in [1.29, 1.82) is 0 Å². The quantitative estimate of drug-likeness (QED) is 0.835. The van der Waals surface area contributed by atoms with Crippen LogP contribution >= 0.6 is 0 Å².